The molecule has 0 amide bonds. The molecule has 0 radical (unpaired) electrons. The topological polar surface area (TPSA) is 69.1 Å². The second-order valence-corrected chi connectivity index (χ2v) is 4.16. The molecule has 0 fully saturated rings. The number of hydrogen-bond donors (Lipinski definition) is 3. The summed E-state index contributed by atoms with van der Waals surface area (Å²) < 4.78 is 0. The van der Waals surface area contributed by atoms with Gasteiger partial charge in [-0.1, -0.05) is 24.3 Å². The molecule has 0 bridgehead atoms. The highest BCUT2D eigenvalue weighted by Crippen LogP contribution is 2.37. The van der Waals surface area contributed by atoms with Gasteiger partial charge in [-0.2, -0.15) is 0 Å². The smallest absolute Gasteiger partial charge is 0.125 e. The summed E-state index contributed by atoms with van der Waals surface area (Å²) in [7, 11) is 0. The third kappa shape index (κ3) is 1.93. The van der Waals surface area contributed by atoms with Gasteiger partial charge in [0.05, 0.1) is 17.7 Å². The highest BCUT2D eigenvalue weighted by atomic mass is 16.3. The average molecular weight is 252 g/mol. The van der Waals surface area contributed by atoms with Crippen LogP contribution in [0.2, 0.25) is 0 Å². The summed E-state index contributed by atoms with van der Waals surface area (Å²) in [5.74, 6) is 0.328. The third-order valence-corrected chi connectivity index (χ3v) is 2.97. The highest BCUT2D eigenvalue weighted by molar-refractivity contribution is 5.83. The van der Waals surface area contributed by atoms with Crippen molar-refractivity contribution < 1.29 is 10.2 Å². The van der Waals surface area contributed by atoms with Gasteiger partial charge in [0.25, 0.3) is 0 Å². The molecule has 3 N–H and O–H groups in total. The van der Waals surface area contributed by atoms with E-state index in [0.29, 0.717) is 22.5 Å². The number of para-hydroxylation sites is 2. The van der Waals surface area contributed by atoms with Crippen LogP contribution < -0.4 is 0 Å². The Balaban J connectivity index is 2.20. The van der Waals surface area contributed by atoms with Crippen LogP contribution in [0, 0.1) is 0 Å². The van der Waals surface area contributed by atoms with Crippen LogP contribution in [0.1, 0.15) is 0 Å². The average Bonchev–Trinajstić information content (AvgIpc) is 2.89. The van der Waals surface area contributed by atoms with Gasteiger partial charge in [0, 0.05) is 11.1 Å². The van der Waals surface area contributed by atoms with Crippen LogP contribution in [0.15, 0.2) is 54.9 Å². The Hall–Kier alpha value is -2.75. The van der Waals surface area contributed by atoms with E-state index < -0.39 is 0 Å². The Bertz CT molecular complexity index is 659. The first-order valence-electron chi connectivity index (χ1n) is 5.87. The molecule has 0 spiro atoms. The number of nitrogens with zero attached hydrogens (tertiary/aromatic N) is 1. The molecule has 0 saturated carbocycles. The van der Waals surface area contributed by atoms with E-state index in [2.05, 4.69) is 9.97 Å². The second-order valence-electron chi connectivity index (χ2n) is 4.16. The van der Waals surface area contributed by atoms with Gasteiger partial charge < -0.3 is 15.2 Å². The van der Waals surface area contributed by atoms with Gasteiger partial charge in [0.15, 0.2) is 0 Å². The lowest BCUT2D eigenvalue weighted by Gasteiger charge is -2.06. The molecule has 0 unspecified atom stereocenters. The standard InChI is InChI=1S/C15H12N2O2/c18-12-7-3-1-5-10(12)14-15(17-9-16-14)11-6-2-4-8-13(11)19/h1-9,18-19H,(H,16,17). The predicted molar refractivity (Wildman–Crippen MR) is 72.8 cm³/mol. The van der Waals surface area contributed by atoms with E-state index in [9.17, 15) is 10.2 Å². The van der Waals surface area contributed by atoms with Crippen LogP contribution in [0.25, 0.3) is 22.5 Å². The van der Waals surface area contributed by atoms with Crippen molar-refractivity contribution in [3.63, 3.8) is 0 Å². The van der Waals surface area contributed by atoms with Crippen molar-refractivity contribution >= 4 is 0 Å². The fourth-order valence-corrected chi connectivity index (χ4v) is 2.06. The SMILES string of the molecule is Oc1ccccc1-c1nc[nH]c1-c1ccccc1O. The minimum atomic E-state index is 0.159. The van der Waals surface area contributed by atoms with Crippen molar-refractivity contribution in [2.75, 3.05) is 0 Å². The maximum absolute atomic E-state index is 9.91. The van der Waals surface area contributed by atoms with Crippen LogP contribution in [0.4, 0.5) is 0 Å². The summed E-state index contributed by atoms with van der Waals surface area (Å²) in [4.78, 5) is 7.24. The number of phenolic OH excluding ortho intramolecular Hbond substituents is 2. The van der Waals surface area contributed by atoms with Crippen molar-refractivity contribution in [2.24, 2.45) is 0 Å². The summed E-state index contributed by atoms with van der Waals surface area (Å²) in [6, 6.07) is 14.0. The van der Waals surface area contributed by atoms with Crippen LogP contribution in [0.3, 0.4) is 0 Å². The van der Waals surface area contributed by atoms with Crippen molar-refractivity contribution in [1.29, 1.82) is 0 Å². The van der Waals surface area contributed by atoms with Gasteiger partial charge in [0.1, 0.15) is 11.5 Å². The lowest BCUT2D eigenvalue weighted by Crippen LogP contribution is -1.85. The fourth-order valence-electron chi connectivity index (χ4n) is 2.06. The molecule has 3 rings (SSSR count). The summed E-state index contributed by atoms with van der Waals surface area (Å²) >= 11 is 0. The molecule has 3 aromatic rings. The molecular formula is C15H12N2O2. The Labute approximate surface area is 110 Å². The molecule has 0 aliphatic heterocycles. The van der Waals surface area contributed by atoms with Crippen molar-refractivity contribution in [3.8, 4) is 34.0 Å². The number of nitrogens with one attached hydrogen (secondary N) is 1. The molecule has 0 aliphatic carbocycles. The summed E-state index contributed by atoms with van der Waals surface area (Å²) in [6.45, 7) is 0. The van der Waals surface area contributed by atoms with Crippen molar-refractivity contribution in [2.45, 2.75) is 0 Å². The number of rotatable bonds is 2. The number of hydrogen-bond acceptors (Lipinski definition) is 3. The lowest BCUT2D eigenvalue weighted by molar-refractivity contribution is 0.476. The molecule has 1 aromatic heterocycles. The van der Waals surface area contributed by atoms with Crippen LogP contribution in [-0.4, -0.2) is 20.2 Å². The highest BCUT2D eigenvalue weighted by Gasteiger charge is 2.15. The normalized spacial score (nSPS) is 10.5. The molecule has 4 nitrogen and oxygen atoms in total. The maximum Gasteiger partial charge on any atom is 0.125 e. The van der Waals surface area contributed by atoms with E-state index in [1.165, 1.54) is 0 Å². The molecule has 94 valence electrons. The molecule has 0 saturated heterocycles. The zero-order valence-electron chi connectivity index (χ0n) is 10.0. The van der Waals surface area contributed by atoms with Crippen LogP contribution >= 0.6 is 0 Å². The predicted octanol–water partition coefficient (Wildman–Crippen LogP) is 3.15. The third-order valence-electron chi connectivity index (χ3n) is 2.97. The Morgan fingerprint density at radius 1 is 0.789 bits per heavy atom. The van der Waals surface area contributed by atoms with E-state index in [1.807, 2.05) is 12.1 Å². The number of benzene rings is 2. The number of phenols is 2. The van der Waals surface area contributed by atoms with E-state index in [0.717, 1.165) is 0 Å². The largest absolute Gasteiger partial charge is 0.507 e. The van der Waals surface area contributed by atoms with Crippen LogP contribution in [-0.2, 0) is 0 Å². The summed E-state index contributed by atoms with van der Waals surface area (Å²) in [6.07, 6.45) is 1.55. The zero-order chi connectivity index (χ0) is 13.2. The molecule has 4 heteroatoms. The molecule has 1 heterocycles. The Morgan fingerprint density at radius 2 is 1.37 bits per heavy atom. The second kappa shape index (κ2) is 4.49. The first-order chi connectivity index (χ1) is 9.27. The molecule has 0 atom stereocenters. The fraction of sp³-hybridized carbons (Fsp3) is 0. The first kappa shape index (κ1) is 11.3. The summed E-state index contributed by atoms with van der Waals surface area (Å²) in [5.41, 5.74) is 2.57. The van der Waals surface area contributed by atoms with E-state index in [-0.39, 0.29) is 11.5 Å². The molecule has 0 aliphatic rings. The number of aromatic nitrogens is 2. The minimum absolute atomic E-state index is 0.159. The van der Waals surface area contributed by atoms with Crippen molar-refractivity contribution in [1.82, 2.24) is 9.97 Å². The molecule has 19 heavy (non-hydrogen) atoms. The van der Waals surface area contributed by atoms with Gasteiger partial charge in [-0.05, 0) is 24.3 Å². The van der Waals surface area contributed by atoms with Gasteiger partial charge in [0.2, 0.25) is 0 Å². The number of H-pyrrole nitrogens is 1. The van der Waals surface area contributed by atoms with Crippen LogP contribution in [0.5, 0.6) is 11.5 Å². The minimum Gasteiger partial charge on any atom is -0.507 e. The van der Waals surface area contributed by atoms with E-state index in [1.54, 1.807) is 42.7 Å². The number of aromatic hydroxyl groups is 2. The summed E-state index contributed by atoms with van der Waals surface area (Å²) in [5, 5.41) is 19.8. The number of aromatic amines is 1. The maximum atomic E-state index is 9.91. The zero-order valence-corrected chi connectivity index (χ0v) is 10.0. The van der Waals surface area contributed by atoms with Gasteiger partial charge in [-0.25, -0.2) is 4.98 Å². The van der Waals surface area contributed by atoms with E-state index in [4.69, 9.17) is 0 Å². The van der Waals surface area contributed by atoms with E-state index >= 15 is 0 Å². The number of imidazole rings is 1. The Morgan fingerprint density at radius 3 is 2.00 bits per heavy atom. The van der Waals surface area contributed by atoms with Gasteiger partial charge in [-0.3, -0.25) is 0 Å². The molecule has 2 aromatic carbocycles. The Kier molecular flexibility index (Phi) is 2.68. The van der Waals surface area contributed by atoms with Gasteiger partial charge in [-0.15, -0.1) is 0 Å². The lowest BCUT2D eigenvalue weighted by atomic mass is 10.0. The first-order valence-corrected chi connectivity index (χ1v) is 5.87. The van der Waals surface area contributed by atoms with Crippen molar-refractivity contribution in [3.05, 3.63) is 54.9 Å². The monoisotopic (exact) mass is 252 g/mol. The quantitative estimate of drug-likeness (QED) is 0.656. The molecular weight excluding hydrogens is 240 g/mol. The van der Waals surface area contributed by atoms with Gasteiger partial charge >= 0.3 is 0 Å².